The van der Waals surface area contributed by atoms with E-state index in [0.717, 1.165) is 5.56 Å². The maximum atomic E-state index is 11.4. The molecule has 1 amide bonds. The molecular formula is C13H17NO4. The quantitative estimate of drug-likeness (QED) is 0.656. The summed E-state index contributed by atoms with van der Waals surface area (Å²) in [6.45, 7) is -0.00132. The SMILES string of the molecule is O=C(C[C@H](Cc1ccccc1)C(=O)O)NCCO. The summed E-state index contributed by atoms with van der Waals surface area (Å²) in [7, 11) is 0. The van der Waals surface area contributed by atoms with Gasteiger partial charge < -0.3 is 15.5 Å². The molecule has 0 unspecified atom stereocenters. The second-order valence-electron chi connectivity index (χ2n) is 4.00. The first-order chi connectivity index (χ1) is 8.63. The molecule has 0 spiro atoms. The zero-order valence-corrected chi connectivity index (χ0v) is 10.0. The number of carboxylic acid groups (broad SMARTS) is 1. The first kappa shape index (κ1) is 14.2. The maximum absolute atomic E-state index is 11.4. The van der Waals surface area contributed by atoms with E-state index in [1.165, 1.54) is 0 Å². The van der Waals surface area contributed by atoms with Crippen molar-refractivity contribution in [3.05, 3.63) is 35.9 Å². The second-order valence-corrected chi connectivity index (χ2v) is 4.00. The Morgan fingerprint density at radius 3 is 2.44 bits per heavy atom. The van der Waals surface area contributed by atoms with Crippen molar-refractivity contribution >= 4 is 11.9 Å². The molecule has 0 radical (unpaired) electrons. The number of nitrogens with one attached hydrogen (secondary N) is 1. The van der Waals surface area contributed by atoms with Crippen LogP contribution in [0.4, 0.5) is 0 Å². The minimum absolute atomic E-state index is 0.0791. The van der Waals surface area contributed by atoms with Crippen LogP contribution in [-0.4, -0.2) is 35.2 Å². The number of benzene rings is 1. The lowest BCUT2D eigenvalue weighted by atomic mass is 9.96. The highest BCUT2D eigenvalue weighted by molar-refractivity contribution is 5.82. The van der Waals surface area contributed by atoms with Crippen molar-refractivity contribution in [2.45, 2.75) is 12.8 Å². The number of rotatable bonds is 7. The van der Waals surface area contributed by atoms with Crippen molar-refractivity contribution < 1.29 is 19.8 Å². The van der Waals surface area contributed by atoms with Crippen LogP contribution in [0.2, 0.25) is 0 Å². The lowest BCUT2D eigenvalue weighted by Crippen LogP contribution is -2.31. The van der Waals surface area contributed by atoms with Crippen LogP contribution >= 0.6 is 0 Å². The third-order valence-electron chi connectivity index (χ3n) is 2.54. The minimum atomic E-state index is -0.988. The van der Waals surface area contributed by atoms with E-state index in [9.17, 15) is 9.59 Å². The highest BCUT2D eigenvalue weighted by atomic mass is 16.4. The van der Waals surface area contributed by atoms with Crippen LogP contribution in [0.25, 0.3) is 0 Å². The number of aliphatic hydroxyl groups excluding tert-OH is 1. The fourth-order valence-corrected chi connectivity index (χ4v) is 1.64. The molecule has 98 valence electrons. The van der Waals surface area contributed by atoms with Gasteiger partial charge >= 0.3 is 5.97 Å². The maximum Gasteiger partial charge on any atom is 0.307 e. The van der Waals surface area contributed by atoms with E-state index < -0.39 is 11.9 Å². The van der Waals surface area contributed by atoms with Crippen LogP contribution in [0.3, 0.4) is 0 Å². The Bertz CT molecular complexity index is 391. The first-order valence-corrected chi connectivity index (χ1v) is 5.77. The zero-order valence-electron chi connectivity index (χ0n) is 10.0. The number of carbonyl (C=O) groups is 2. The van der Waals surface area contributed by atoms with Gasteiger partial charge in [0, 0.05) is 13.0 Å². The Hall–Kier alpha value is -1.88. The zero-order chi connectivity index (χ0) is 13.4. The van der Waals surface area contributed by atoms with Crippen LogP contribution in [0.1, 0.15) is 12.0 Å². The Morgan fingerprint density at radius 1 is 1.22 bits per heavy atom. The van der Waals surface area contributed by atoms with Gasteiger partial charge in [-0.15, -0.1) is 0 Å². The summed E-state index contributed by atoms with van der Waals surface area (Å²) in [6, 6.07) is 9.19. The molecular weight excluding hydrogens is 234 g/mol. The summed E-state index contributed by atoms with van der Waals surface area (Å²) in [5.41, 5.74) is 0.889. The van der Waals surface area contributed by atoms with Gasteiger partial charge in [-0.05, 0) is 12.0 Å². The van der Waals surface area contributed by atoms with Crippen molar-refractivity contribution in [3.63, 3.8) is 0 Å². The highest BCUT2D eigenvalue weighted by Crippen LogP contribution is 2.12. The fraction of sp³-hybridized carbons (Fsp3) is 0.385. The van der Waals surface area contributed by atoms with E-state index in [4.69, 9.17) is 10.2 Å². The Morgan fingerprint density at radius 2 is 1.89 bits per heavy atom. The first-order valence-electron chi connectivity index (χ1n) is 5.77. The number of hydrogen-bond donors (Lipinski definition) is 3. The molecule has 5 nitrogen and oxygen atoms in total. The lowest BCUT2D eigenvalue weighted by molar-refractivity contribution is -0.144. The van der Waals surface area contributed by atoms with Gasteiger partial charge in [0.25, 0.3) is 0 Å². The average Bonchev–Trinajstić information content (AvgIpc) is 2.36. The number of hydrogen-bond acceptors (Lipinski definition) is 3. The molecule has 0 aromatic heterocycles. The fourth-order valence-electron chi connectivity index (χ4n) is 1.64. The molecule has 0 bridgehead atoms. The smallest absolute Gasteiger partial charge is 0.307 e. The molecule has 0 heterocycles. The topological polar surface area (TPSA) is 86.6 Å². The molecule has 1 aromatic rings. The van der Waals surface area contributed by atoms with Crippen LogP contribution in [-0.2, 0) is 16.0 Å². The van der Waals surface area contributed by atoms with Crippen LogP contribution < -0.4 is 5.32 Å². The number of carbonyl (C=O) groups excluding carboxylic acids is 1. The van der Waals surface area contributed by atoms with Gasteiger partial charge in [-0.3, -0.25) is 9.59 Å². The molecule has 0 saturated carbocycles. The summed E-state index contributed by atoms with van der Waals surface area (Å²) in [4.78, 5) is 22.5. The Labute approximate surface area is 105 Å². The molecule has 1 atom stereocenters. The van der Waals surface area contributed by atoms with E-state index in [2.05, 4.69) is 5.32 Å². The summed E-state index contributed by atoms with van der Waals surface area (Å²) in [6.07, 6.45) is 0.243. The van der Waals surface area contributed by atoms with Crippen LogP contribution in [0.5, 0.6) is 0 Å². The van der Waals surface area contributed by atoms with Gasteiger partial charge in [-0.1, -0.05) is 30.3 Å². The Balaban J connectivity index is 2.55. The molecule has 1 aromatic carbocycles. The summed E-state index contributed by atoms with van der Waals surface area (Å²) >= 11 is 0. The van der Waals surface area contributed by atoms with E-state index >= 15 is 0 Å². The molecule has 0 fully saturated rings. The number of carboxylic acids is 1. The van der Waals surface area contributed by atoms with Gasteiger partial charge in [-0.25, -0.2) is 0 Å². The van der Waals surface area contributed by atoms with Gasteiger partial charge in [0.05, 0.1) is 12.5 Å². The number of aliphatic carboxylic acids is 1. The molecule has 1 rings (SSSR count). The van der Waals surface area contributed by atoms with Crippen molar-refractivity contribution in [3.8, 4) is 0 Å². The normalized spacial score (nSPS) is 11.8. The van der Waals surface area contributed by atoms with Gasteiger partial charge in [-0.2, -0.15) is 0 Å². The van der Waals surface area contributed by atoms with Crippen LogP contribution in [0, 0.1) is 5.92 Å². The van der Waals surface area contributed by atoms with E-state index in [-0.39, 0.29) is 25.5 Å². The largest absolute Gasteiger partial charge is 0.481 e. The summed E-state index contributed by atoms with van der Waals surface area (Å²) in [5, 5.41) is 20.1. The van der Waals surface area contributed by atoms with Gasteiger partial charge in [0.15, 0.2) is 0 Å². The predicted molar refractivity (Wildman–Crippen MR) is 66.0 cm³/mol. The monoisotopic (exact) mass is 251 g/mol. The summed E-state index contributed by atoms with van der Waals surface area (Å²) < 4.78 is 0. The summed E-state index contributed by atoms with van der Waals surface area (Å²) in [5.74, 6) is -2.09. The van der Waals surface area contributed by atoms with Crippen molar-refractivity contribution in [1.29, 1.82) is 0 Å². The van der Waals surface area contributed by atoms with Crippen LogP contribution in [0.15, 0.2) is 30.3 Å². The van der Waals surface area contributed by atoms with E-state index in [1.54, 1.807) is 0 Å². The molecule has 18 heavy (non-hydrogen) atoms. The molecule has 3 N–H and O–H groups in total. The third-order valence-corrected chi connectivity index (χ3v) is 2.54. The minimum Gasteiger partial charge on any atom is -0.481 e. The van der Waals surface area contributed by atoms with E-state index in [1.807, 2.05) is 30.3 Å². The molecule has 0 aliphatic heterocycles. The highest BCUT2D eigenvalue weighted by Gasteiger charge is 2.21. The molecule has 5 heteroatoms. The van der Waals surface area contributed by atoms with E-state index in [0.29, 0.717) is 6.42 Å². The van der Waals surface area contributed by atoms with Crippen molar-refractivity contribution in [2.75, 3.05) is 13.2 Å². The average molecular weight is 251 g/mol. The van der Waals surface area contributed by atoms with Gasteiger partial charge in [0.2, 0.25) is 5.91 Å². The Kier molecular flexibility index (Phi) is 5.87. The van der Waals surface area contributed by atoms with Crippen molar-refractivity contribution in [1.82, 2.24) is 5.32 Å². The lowest BCUT2D eigenvalue weighted by Gasteiger charge is -2.12. The third kappa shape index (κ3) is 4.97. The number of aliphatic hydroxyl groups is 1. The molecule has 0 aliphatic rings. The standard InChI is InChI=1S/C13H17NO4/c15-7-6-14-12(16)9-11(13(17)18)8-10-4-2-1-3-5-10/h1-5,11,15H,6-9H2,(H,14,16)(H,17,18)/t11-/m0/s1. The predicted octanol–water partition coefficient (Wildman–Crippen LogP) is 0.429. The second kappa shape index (κ2) is 7.45. The molecule has 0 saturated heterocycles. The number of amides is 1. The van der Waals surface area contributed by atoms with Crippen molar-refractivity contribution in [2.24, 2.45) is 5.92 Å². The van der Waals surface area contributed by atoms with Gasteiger partial charge in [0.1, 0.15) is 0 Å². The molecule has 0 aliphatic carbocycles.